The number of nitrogens with one attached hydrogen (secondary N) is 1. The van der Waals surface area contributed by atoms with E-state index in [1.54, 1.807) is 30.1 Å². The molecule has 116 valence electrons. The van der Waals surface area contributed by atoms with E-state index in [9.17, 15) is 9.59 Å². The molecule has 0 radical (unpaired) electrons. The smallest absolute Gasteiger partial charge is 0.234 e. The Morgan fingerprint density at radius 3 is 2.52 bits per heavy atom. The van der Waals surface area contributed by atoms with Crippen molar-refractivity contribution in [3.05, 3.63) is 29.8 Å². The van der Waals surface area contributed by atoms with Crippen LogP contribution in [0.4, 0.5) is 0 Å². The molecule has 1 aromatic rings. The number of carbonyl (C=O) groups excluding carboxylic acids is 2. The van der Waals surface area contributed by atoms with Gasteiger partial charge in [-0.3, -0.25) is 14.5 Å². The SMILES string of the molecule is CCOc1ccccc1C(=O)CN(C)CC(=O)NC(C)C. The van der Waals surface area contributed by atoms with Gasteiger partial charge in [0.1, 0.15) is 5.75 Å². The number of hydrogen-bond acceptors (Lipinski definition) is 4. The van der Waals surface area contributed by atoms with Gasteiger partial charge in [-0.05, 0) is 40.0 Å². The minimum absolute atomic E-state index is 0.0566. The Labute approximate surface area is 126 Å². The first-order valence-electron chi connectivity index (χ1n) is 7.17. The topological polar surface area (TPSA) is 58.6 Å². The van der Waals surface area contributed by atoms with Crippen molar-refractivity contribution in [3.8, 4) is 5.75 Å². The molecule has 0 spiro atoms. The van der Waals surface area contributed by atoms with Gasteiger partial charge >= 0.3 is 0 Å². The number of carbonyl (C=O) groups is 2. The molecule has 1 aromatic carbocycles. The van der Waals surface area contributed by atoms with E-state index in [0.717, 1.165) is 0 Å². The van der Waals surface area contributed by atoms with Crippen LogP contribution in [0.2, 0.25) is 0 Å². The zero-order chi connectivity index (χ0) is 15.8. The van der Waals surface area contributed by atoms with Crippen molar-refractivity contribution in [2.75, 3.05) is 26.7 Å². The number of ether oxygens (including phenoxy) is 1. The molecule has 0 saturated carbocycles. The number of rotatable bonds is 8. The molecule has 5 heteroatoms. The third kappa shape index (κ3) is 5.95. The van der Waals surface area contributed by atoms with Crippen LogP contribution in [-0.2, 0) is 4.79 Å². The quantitative estimate of drug-likeness (QED) is 0.741. The van der Waals surface area contributed by atoms with Crippen LogP contribution in [0.25, 0.3) is 0 Å². The van der Waals surface area contributed by atoms with Gasteiger partial charge in [-0.15, -0.1) is 0 Å². The number of ketones is 1. The molecule has 0 bridgehead atoms. The summed E-state index contributed by atoms with van der Waals surface area (Å²) in [6.45, 7) is 6.57. The molecular weight excluding hydrogens is 268 g/mol. The first-order chi connectivity index (χ1) is 9.93. The van der Waals surface area contributed by atoms with Crippen LogP contribution < -0.4 is 10.1 Å². The molecule has 0 heterocycles. The van der Waals surface area contributed by atoms with Gasteiger partial charge < -0.3 is 10.1 Å². The Hall–Kier alpha value is -1.88. The average molecular weight is 292 g/mol. The molecule has 0 unspecified atom stereocenters. The molecule has 5 nitrogen and oxygen atoms in total. The number of hydrogen-bond donors (Lipinski definition) is 1. The Balaban J connectivity index is 2.62. The summed E-state index contributed by atoms with van der Waals surface area (Å²) in [4.78, 5) is 25.7. The third-order valence-electron chi connectivity index (χ3n) is 2.76. The van der Waals surface area contributed by atoms with Crippen LogP contribution in [0.15, 0.2) is 24.3 Å². The summed E-state index contributed by atoms with van der Waals surface area (Å²) in [6, 6.07) is 7.26. The van der Waals surface area contributed by atoms with Gasteiger partial charge in [-0.25, -0.2) is 0 Å². The monoisotopic (exact) mass is 292 g/mol. The maximum Gasteiger partial charge on any atom is 0.234 e. The van der Waals surface area contributed by atoms with Crippen LogP contribution in [0, 0.1) is 0 Å². The first-order valence-corrected chi connectivity index (χ1v) is 7.17. The molecule has 0 aliphatic carbocycles. The van der Waals surface area contributed by atoms with Crippen LogP contribution in [-0.4, -0.2) is 49.4 Å². The van der Waals surface area contributed by atoms with Gasteiger partial charge in [-0.1, -0.05) is 12.1 Å². The van der Waals surface area contributed by atoms with E-state index in [1.807, 2.05) is 26.8 Å². The number of amides is 1. The first kappa shape index (κ1) is 17.2. The highest BCUT2D eigenvalue weighted by atomic mass is 16.5. The summed E-state index contributed by atoms with van der Waals surface area (Å²) in [6.07, 6.45) is 0. The minimum atomic E-state index is -0.0848. The summed E-state index contributed by atoms with van der Waals surface area (Å²) < 4.78 is 5.45. The molecule has 21 heavy (non-hydrogen) atoms. The number of nitrogens with zero attached hydrogens (tertiary/aromatic N) is 1. The van der Waals surface area contributed by atoms with E-state index in [0.29, 0.717) is 17.9 Å². The number of likely N-dealkylation sites (N-methyl/N-ethyl adjacent to an activating group) is 1. The van der Waals surface area contributed by atoms with Gasteiger partial charge in [-0.2, -0.15) is 0 Å². The van der Waals surface area contributed by atoms with E-state index >= 15 is 0 Å². The Morgan fingerprint density at radius 2 is 1.90 bits per heavy atom. The van der Waals surface area contributed by atoms with E-state index < -0.39 is 0 Å². The van der Waals surface area contributed by atoms with E-state index in [-0.39, 0.29) is 30.8 Å². The van der Waals surface area contributed by atoms with Crippen molar-refractivity contribution in [2.24, 2.45) is 0 Å². The molecule has 0 aliphatic heterocycles. The fourth-order valence-corrected chi connectivity index (χ4v) is 1.98. The van der Waals surface area contributed by atoms with Crippen LogP contribution in [0.5, 0.6) is 5.75 Å². The summed E-state index contributed by atoms with van der Waals surface area (Å²) in [7, 11) is 1.75. The second kappa shape index (κ2) is 8.42. The molecular formula is C16H24N2O3. The van der Waals surface area contributed by atoms with Gasteiger partial charge in [0.2, 0.25) is 5.91 Å². The summed E-state index contributed by atoms with van der Waals surface area (Å²) in [5, 5.41) is 2.80. The van der Waals surface area contributed by atoms with Crippen molar-refractivity contribution in [2.45, 2.75) is 26.8 Å². The number of Topliss-reactive ketones (excluding diaryl/α,β-unsaturated/α-hetero) is 1. The van der Waals surface area contributed by atoms with Crippen molar-refractivity contribution in [1.82, 2.24) is 10.2 Å². The number of benzene rings is 1. The normalized spacial score (nSPS) is 10.8. The second-order valence-corrected chi connectivity index (χ2v) is 5.25. The average Bonchev–Trinajstić information content (AvgIpc) is 2.38. The third-order valence-corrected chi connectivity index (χ3v) is 2.76. The molecule has 0 aromatic heterocycles. The molecule has 1 N–H and O–H groups in total. The molecule has 0 fully saturated rings. The van der Waals surface area contributed by atoms with E-state index in [1.165, 1.54) is 0 Å². The molecule has 1 rings (SSSR count). The minimum Gasteiger partial charge on any atom is -0.493 e. The fourth-order valence-electron chi connectivity index (χ4n) is 1.98. The predicted octanol–water partition coefficient (Wildman–Crippen LogP) is 1.72. The highest BCUT2D eigenvalue weighted by Crippen LogP contribution is 2.18. The molecule has 0 saturated heterocycles. The van der Waals surface area contributed by atoms with E-state index in [4.69, 9.17) is 4.74 Å². The largest absolute Gasteiger partial charge is 0.493 e. The zero-order valence-electron chi connectivity index (χ0n) is 13.2. The summed E-state index contributed by atoms with van der Waals surface area (Å²) in [5.74, 6) is 0.447. The van der Waals surface area contributed by atoms with E-state index in [2.05, 4.69) is 5.32 Å². The lowest BCUT2D eigenvalue weighted by Crippen LogP contribution is -2.40. The van der Waals surface area contributed by atoms with Crippen molar-refractivity contribution >= 4 is 11.7 Å². The molecule has 0 atom stereocenters. The maximum absolute atomic E-state index is 12.3. The van der Waals surface area contributed by atoms with Gasteiger partial charge in [0.25, 0.3) is 0 Å². The highest BCUT2D eigenvalue weighted by molar-refractivity contribution is 6.00. The van der Waals surface area contributed by atoms with Gasteiger partial charge in [0.05, 0.1) is 25.3 Å². The number of para-hydroxylation sites is 1. The lowest BCUT2D eigenvalue weighted by atomic mass is 10.1. The highest BCUT2D eigenvalue weighted by Gasteiger charge is 2.16. The van der Waals surface area contributed by atoms with Crippen LogP contribution in [0.1, 0.15) is 31.1 Å². The molecule has 0 aliphatic rings. The zero-order valence-corrected chi connectivity index (χ0v) is 13.2. The Kier molecular flexibility index (Phi) is 6.88. The molecule has 1 amide bonds. The standard InChI is InChI=1S/C16H24N2O3/c1-5-21-15-9-7-6-8-13(15)14(19)10-18(4)11-16(20)17-12(2)3/h6-9,12H,5,10-11H2,1-4H3,(H,17,20). The van der Waals surface area contributed by atoms with Gasteiger partial charge in [0.15, 0.2) is 5.78 Å². The predicted molar refractivity (Wildman–Crippen MR) is 82.7 cm³/mol. The van der Waals surface area contributed by atoms with Crippen molar-refractivity contribution in [3.63, 3.8) is 0 Å². The van der Waals surface area contributed by atoms with Gasteiger partial charge in [0, 0.05) is 6.04 Å². The Bertz CT molecular complexity index is 486. The summed E-state index contributed by atoms with van der Waals surface area (Å²) >= 11 is 0. The van der Waals surface area contributed by atoms with Crippen molar-refractivity contribution in [1.29, 1.82) is 0 Å². The van der Waals surface area contributed by atoms with Crippen LogP contribution >= 0.6 is 0 Å². The lowest BCUT2D eigenvalue weighted by molar-refractivity contribution is -0.122. The fraction of sp³-hybridized carbons (Fsp3) is 0.500. The Morgan fingerprint density at radius 1 is 1.24 bits per heavy atom. The van der Waals surface area contributed by atoms with Crippen LogP contribution in [0.3, 0.4) is 0 Å². The van der Waals surface area contributed by atoms with Crippen molar-refractivity contribution < 1.29 is 14.3 Å². The second-order valence-electron chi connectivity index (χ2n) is 5.25. The summed E-state index contributed by atoms with van der Waals surface area (Å²) in [5.41, 5.74) is 0.551. The maximum atomic E-state index is 12.3. The lowest BCUT2D eigenvalue weighted by Gasteiger charge is -2.17.